The van der Waals surface area contributed by atoms with E-state index < -0.39 is 0 Å². The second-order valence-corrected chi connectivity index (χ2v) is 9.05. The Morgan fingerprint density at radius 2 is 1.61 bits per heavy atom. The van der Waals surface area contributed by atoms with Gasteiger partial charge in [0.25, 0.3) is 5.56 Å². The third-order valence-corrected chi connectivity index (χ3v) is 6.87. The summed E-state index contributed by atoms with van der Waals surface area (Å²) in [7, 11) is 1.68. The highest BCUT2D eigenvalue weighted by Gasteiger charge is 2.29. The van der Waals surface area contributed by atoms with E-state index in [9.17, 15) is 9.59 Å². The monoisotopic (exact) mass is 488 g/mol. The fourth-order valence-corrected chi connectivity index (χ4v) is 4.90. The molecule has 0 unspecified atom stereocenters. The predicted molar refractivity (Wildman–Crippen MR) is 136 cm³/mol. The number of fused-ring (bicyclic) bond motifs is 3. The number of imidazole rings is 1. The van der Waals surface area contributed by atoms with Gasteiger partial charge in [0.05, 0.1) is 13.2 Å². The highest BCUT2D eigenvalue weighted by molar-refractivity contribution is 5.77. The van der Waals surface area contributed by atoms with E-state index in [-0.39, 0.29) is 11.2 Å². The van der Waals surface area contributed by atoms with Crippen LogP contribution >= 0.6 is 0 Å². The average Bonchev–Trinajstić information content (AvgIpc) is 3.49. The topological polar surface area (TPSA) is 86.8 Å². The zero-order chi connectivity index (χ0) is 24.6. The smallest absolute Gasteiger partial charge is 0.332 e. The first kappa shape index (κ1) is 22.6. The lowest BCUT2D eigenvalue weighted by molar-refractivity contribution is 0.0361. The number of hydrogen-bond donors (Lipinski definition) is 0. The summed E-state index contributed by atoms with van der Waals surface area (Å²) in [5.41, 5.74) is 1.21. The molecule has 0 radical (unpaired) electrons. The molecule has 36 heavy (non-hydrogen) atoms. The summed E-state index contributed by atoms with van der Waals surface area (Å²) in [6, 6.07) is 17.4. The van der Waals surface area contributed by atoms with Gasteiger partial charge in [-0.25, -0.2) is 4.79 Å². The molecule has 10 heteroatoms. The summed E-state index contributed by atoms with van der Waals surface area (Å²) in [4.78, 5) is 35.5. The van der Waals surface area contributed by atoms with Crippen molar-refractivity contribution >= 4 is 22.8 Å². The van der Waals surface area contributed by atoms with E-state index >= 15 is 0 Å². The lowest BCUT2D eigenvalue weighted by Gasteiger charge is -2.26. The number of hydrogen-bond acceptors (Lipinski definition) is 7. The lowest BCUT2D eigenvalue weighted by atomic mass is 10.2. The van der Waals surface area contributed by atoms with Crippen LogP contribution in [0.3, 0.4) is 0 Å². The molecule has 2 aromatic heterocycles. The van der Waals surface area contributed by atoms with Gasteiger partial charge in [-0.05, 0) is 36.4 Å². The highest BCUT2D eigenvalue weighted by atomic mass is 16.5. The van der Waals surface area contributed by atoms with Crippen LogP contribution in [0.5, 0.6) is 11.5 Å². The number of para-hydroxylation sites is 1. The summed E-state index contributed by atoms with van der Waals surface area (Å²) in [5, 5.41) is 0. The van der Waals surface area contributed by atoms with E-state index in [2.05, 4.69) is 9.80 Å². The van der Waals surface area contributed by atoms with Gasteiger partial charge >= 0.3 is 5.69 Å². The van der Waals surface area contributed by atoms with Crippen LogP contribution < -0.4 is 20.9 Å². The molecule has 1 fully saturated rings. The van der Waals surface area contributed by atoms with Gasteiger partial charge in [-0.2, -0.15) is 4.98 Å². The van der Waals surface area contributed by atoms with Crippen LogP contribution in [0.1, 0.15) is 0 Å². The molecule has 1 saturated heterocycles. The Balaban J connectivity index is 1.29. The van der Waals surface area contributed by atoms with Gasteiger partial charge < -0.3 is 18.9 Å². The average molecular weight is 489 g/mol. The van der Waals surface area contributed by atoms with E-state index in [1.54, 1.807) is 7.05 Å². The summed E-state index contributed by atoms with van der Waals surface area (Å²) < 4.78 is 16.1. The number of ether oxygens (including phenoxy) is 2. The Hall–Kier alpha value is -3.89. The standard InChI is InChI=1S/C26H28N6O4/c1-28-23-22(24(33)32(26(28)34)12-11-29-15-17-35-18-16-29)31-14-13-30(25(31)27-23)19-7-9-21(10-8-19)36-20-5-3-2-4-6-20/h2-10H,11-18H2,1H3. The Bertz CT molecular complexity index is 1500. The molecular weight excluding hydrogens is 460 g/mol. The van der Waals surface area contributed by atoms with Crippen molar-refractivity contribution < 1.29 is 9.47 Å². The fraction of sp³-hybridized carbons (Fsp3) is 0.346. The number of morpholine rings is 1. The fourth-order valence-electron chi connectivity index (χ4n) is 4.90. The largest absolute Gasteiger partial charge is 0.457 e. The second-order valence-electron chi connectivity index (χ2n) is 9.05. The minimum absolute atomic E-state index is 0.284. The number of aryl methyl sites for hydroxylation is 1. The van der Waals surface area contributed by atoms with E-state index in [0.717, 1.165) is 30.3 Å². The first-order valence-electron chi connectivity index (χ1n) is 12.2. The maximum atomic E-state index is 13.5. The van der Waals surface area contributed by atoms with Crippen LogP contribution in [0, 0.1) is 0 Å². The number of aromatic nitrogens is 4. The van der Waals surface area contributed by atoms with Crippen molar-refractivity contribution in [2.75, 3.05) is 44.3 Å². The Kier molecular flexibility index (Phi) is 5.82. The van der Waals surface area contributed by atoms with Gasteiger partial charge in [-0.1, -0.05) is 18.2 Å². The molecule has 0 aliphatic carbocycles. The Labute approximate surface area is 207 Å². The first-order valence-corrected chi connectivity index (χ1v) is 12.2. The van der Waals surface area contributed by atoms with Gasteiger partial charge in [-0.3, -0.25) is 18.8 Å². The molecular formula is C26H28N6O4. The van der Waals surface area contributed by atoms with Crippen LogP contribution in [-0.4, -0.2) is 63.0 Å². The zero-order valence-electron chi connectivity index (χ0n) is 20.2. The van der Waals surface area contributed by atoms with Gasteiger partial charge in [0.15, 0.2) is 11.2 Å². The number of benzene rings is 2. The number of anilines is 2. The van der Waals surface area contributed by atoms with Crippen molar-refractivity contribution in [1.82, 2.24) is 23.6 Å². The van der Waals surface area contributed by atoms with Crippen LogP contribution in [0.15, 0.2) is 64.2 Å². The molecule has 0 amide bonds. The van der Waals surface area contributed by atoms with E-state index in [1.807, 2.05) is 59.2 Å². The molecule has 0 atom stereocenters. The van der Waals surface area contributed by atoms with E-state index in [4.69, 9.17) is 14.5 Å². The van der Waals surface area contributed by atoms with Gasteiger partial charge in [0.2, 0.25) is 5.95 Å². The van der Waals surface area contributed by atoms with Crippen LogP contribution in [0.4, 0.5) is 11.6 Å². The number of nitrogens with zero attached hydrogens (tertiary/aromatic N) is 6. The van der Waals surface area contributed by atoms with Gasteiger partial charge in [0, 0.05) is 52.0 Å². The molecule has 0 bridgehead atoms. The molecule has 2 aliphatic heterocycles. The Morgan fingerprint density at radius 3 is 2.36 bits per heavy atom. The highest BCUT2D eigenvalue weighted by Crippen LogP contribution is 2.33. The van der Waals surface area contributed by atoms with Crippen LogP contribution in [0.25, 0.3) is 11.2 Å². The van der Waals surface area contributed by atoms with Crippen molar-refractivity contribution in [2.24, 2.45) is 7.05 Å². The maximum absolute atomic E-state index is 13.5. The molecule has 2 aliphatic rings. The minimum Gasteiger partial charge on any atom is -0.457 e. The molecule has 4 aromatic rings. The van der Waals surface area contributed by atoms with Gasteiger partial charge in [-0.15, -0.1) is 0 Å². The molecule has 10 nitrogen and oxygen atoms in total. The van der Waals surface area contributed by atoms with Crippen molar-refractivity contribution in [1.29, 1.82) is 0 Å². The minimum atomic E-state index is -0.341. The maximum Gasteiger partial charge on any atom is 0.332 e. The Morgan fingerprint density at radius 1 is 0.889 bits per heavy atom. The quantitative estimate of drug-likeness (QED) is 0.411. The molecule has 0 saturated carbocycles. The summed E-state index contributed by atoms with van der Waals surface area (Å²) in [6.45, 7) is 5.25. The number of rotatable bonds is 6. The molecule has 186 valence electrons. The van der Waals surface area contributed by atoms with Crippen molar-refractivity contribution in [3.63, 3.8) is 0 Å². The SMILES string of the molecule is Cn1c(=O)n(CCN2CCOCC2)c(=O)c2c1nc1n2CCN1c1ccc(Oc2ccccc2)cc1. The van der Waals surface area contributed by atoms with Gasteiger partial charge in [0.1, 0.15) is 11.5 Å². The van der Waals surface area contributed by atoms with E-state index in [1.165, 1.54) is 9.13 Å². The first-order chi connectivity index (χ1) is 17.6. The summed E-state index contributed by atoms with van der Waals surface area (Å²) in [5.74, 6) is 2.18. The van der Waals surface area contributed by atoms with Crippen LogP contribution in [0.2, 0.25) is 0 Å². The molecule has 0 spiro atoms. The third-order valence-electron chi connectivity index (χ3n) is 6.87. The molecule has 4 heterocycles. The zero-order valence-corrected chi connectivity index (χ0v) is 20.2. The molecule has 0 N–H and O–H groups in total. The predicted octanol–water partition coefficient (Wildman–Crippen LogP) is 2.17. The summed E-state index contributed by atoms with van der Waals surface area (Å²) in [6.07, 6.45) is 0. The second kappa shape index (κ2) is 9.29. The van der Waals surface area contributed by atoms with E-state index in [0.29, 0.717) is 56.5 Å². The third kappa shape index (κ3) is 3.98. The van der Waals surface area contributed by atoms with Crippen LogP contribution in [-0.2, 0) is 24.9 Å². The van der Waals surface area contributed by atoms with Crippen molar-refractivity contribution in [2.45, 2.75) is 13.1 Å². The summed E-state index contributed by atoms with van der Waals surface area (Å²) >= 11 is 0. The van der Waals surface area contributed by atoms with Crippen molar-refractivity contribution in [3.8, 4) is 11.5 Å². The normalized spacial score (nSPS) is 16.0. The molecule has 2 aromatic carbocycles. The molecule has 6 rings (SSSR count). The lowest BCUT2D eigenvalue weighted by Crippen LogP contribution is -2.44. The van der Waals surface area contributed by atoms with Crippen molar-refractivity contribution in [3.05, 3.63) is 75.4 Å².